The summed E-state index contributed by atoms with van der Waals surface area (Å²) in [6, 6.07) is 10.4. The van der Waals surface area contributed by atoms with Gasteiger partial charge >= 0.3 is 0 Å². The van der Waals surface area contributed by atoms with Gasteiger partial charge in [0.15, 0.2) is 0 Å². The van der Waals surface area contributed by atoms with E-state index >= 15 is 0 Å². The molecule has 3 aromatic rings. The first-order valence-electron chi connectivity index (χ1n) is 10.3. The largest absolute Gasteiger partial charge is 0.351 e. The summed E-state index contributed by atoms with van der Waals surface area (Å²) in [6.45, 7) is 10.9. The Morgan fingerprint density at radius 2 is 1.96 bits per heavy atom. The second-order valence-electron chi connectivity index (χ2n) is 8.50. The normalized spacial score (nSPS) is 20.7. The van der Waals surface area contributed by atoms with Gasteiger partial charge in [0, 0.05) is 30.4 Å². The number of pyridine rings is 1. The summed E-state index contributed by atoms with van der Waals surface area (Å²) in [5.74, 6) is 1.58. The first-order chi connectivity index (χ1) is 13.5. The van der Waals surface area contributed by atoms with Crippen molar-refractivity contribution in [3.05, 3.63) is 40.8 Å². The molecule has 3 heterocycles. The standard InChI is InChI=1S/C23H29N3OS/c1-15-5-6-18-11-19-12-21(28-23(19)25-20(18)10-15)22(27)24-7-4-8-26-13-16(2)9-17(3)14-26/h5-6,10-12,16-17H,4,7-9,13-14H2,1-3H3,(H,24,27)/t16-,17-/m1/s1. The van der Waals surface area contributed by atoms with Crippen LogP contribution in [0.1, 0.15) is 41.9 Å². The second-order valence-corrected chi connectivity index (χ2v) is 9.54. The van der Waals surface area contributed by atoms with Crippen LogP contribution in [-0.2, 0) is 0 Å². The Morgan fingerprint density at radius 3 is 2.75 bits per heavy atom. The van der Waals surface area contributed by atoms with E-state index in [2.05, 4.69) is 55.3 Å². The van der Waals surface area contributed by atoms with Crippen LogP contribution in [0.3, 0.4) is 0 Å². The van der Waals surface area contributed by atoms with E-state index in [1.807, 2.05) is 6.07 Å². The fourth-order valence-electron chi connectivity index (χ4n) is 4.41. The van der Waals surface area contributed by atoms with Crippen molar-refractivity contribution >= 4 is 38.4 Å². The SMILES string of the molecule is Cc1ccc2cc3cc(C(=O)NCCCN4C[C@H](C)C[C@@H](C)C4)sc3nc2c1. The maximum atomic E-state index is 12.6. The molecule has 1 fully saturated rings. The van der Waals surface area contributed by atoms with Crippen molar-refractivity contribution in [1.82, 2.24) is 15.2 Å². The molecule has 0 radical (unpaired) electrons. The topological polar surface area (TPSA) is 45.2 Å². The van der Waals surface area contributed by atoms with Crippen LogP contribution in [0, 0.1) is 18.8 Å². The number of nitrogens with zero attached hydrogens (tertiary/aromatic N) is 2. The Labute approximate surface area is 170 Å². The van der Waals surface area contributed by atoms with Gasteiger partial charge in [-0.2, -0.15) is 0 Å². The maximum absolute atomic E-state index is 12.6. The van der Waals surface area contributed by atoms with Gasteiger partial charge in [-0.3, -0.25) is 4.79 Å². The number of thiophene rings is 1. The van der Waals surface area contributed by atoms with E-state index in [-0.39, 0.29) is 5.91 Å². The number of carbonyl (C=O) groups excluding carboxylic acids is 1. The van der Waals surface area contributed by atoms with Crippen molar-refractivity contribution in [3.8, 4) is 0 Å². The van der Waals surface area contributed by atoms with Crippen LogP contribution in [0.4, 0.5) is 0 Å². The van der Waals surface area contributed by atoms with Gasteiger partial charge in [-0.15, -0.1) is 11.3 Å². The molecule has 1 aliphatic rings. The van der Waals surface area contributed by atoms with E-state index in [4.69, 9.17) is 4.98 Å². The van der Waals surface area contributed by atoms with Crippen molar-refractivity contribution in [3.63, 3.8) is 0 Å². The molecule has 1 aromatic carbocycles. The first kappa shape index (κ1) is 19.3. The number of fused-ring (bicyclic) bond motifs is 2. The van der Waals surface area contributed by atoms with Gasteiger partial charge in [0.25, 0.3) is 5.91 Å². The number of piperidine rings is 1. The quantitative estimate of drug-likeness (QED) is 0.628. The smallest absolute Gasteiger partial charge is 0.261 e. The summed E-state index contributed by atoms with van der Waals surface area (Å²) in [6.07, 6.45) is 2.33. The average Bonchev–Trinajstić information content (AvgIpc) is 3.05. The molecule has 4 rings (SSSR count). The average molecular weight is 396 g/mol. The Bertz CT molecular complexity index is 986. The van der Waals surface area contributed by atoms with Crippen LogP contribution in [0.5, 0.6) is 0 Å². The number of hydrogen-bond donors (Lipinski definition) is 1. The van der Waals surface area contributed by atoms with Crippen LogP contribution in [0.15, 0.2) is 30.3 Å². The van der Waals surface area contributed by atoms with Crippen molar-refractivity contribution in [2.45, 2.75) is 33.6 Å². The highest BCUT2D eigenvalue weighted by molar-refractivity contribution is 7.20. The molecule has 0 aliphatic carbocycles. The lowest BCUT2D eigenvalue weighted by molar-refractivity contribution is 0.0951. The van der Waals surface area contributed by atoms with Gasteiger partial charge in [-0.05, 0) is 61.9 Å². The van der Waals surface area contributed by atoms with Crippen molar-refractivity contribution < 1.29 is 4.79 Å². The van der Waals surface area contributed by atoms with Gasteiger partial charge in [0.2, 0.25) is 0 Å². The zero-order valence-electron chi connectivity index (χ0n) is 17.0. The molecule has 0 bridgehead atoms. The highest BCUT2D eigenvalue weighted by atomic mass is 32.1. The van der Waals surface area contributed by atoms with E-state index in [0.29, 0.717) is 0 Å². The summed E-state index contributed by atoms with van der Waals surface area (Å²) < 4.78 is 0. The molecule has 0 saturated carbocycles. The Balaban J connectivity index is 1.35. The molecule has 1 aliphatic heterocycles. The highest BCUT2D eigenvalue weighted by Crippen LogP contribution is 2.28. The van der Waals surface area contributed by atoms with E-state index < -0.39 is 0 Å². The van der Waals surface area contributed by atoms with Gasteiger partial charge < -0.3 is 10.2 Å². The summed E-state index contributed by atoms with van der Waals surface area (Å²) in [4.78, 5) is 21.5. The van der Waals surface area contributed by atoms with Gasteiger partial charge in [0.05, 0.1) is 10.4 Å². The maximum Gasteiger partial charge on any atom is 0.261 e. The summed E-state index contributed by atoms with van der Waals surface area (Å²) in [7, 11) is 0. The predicted octanol–water partition coefficient (Wildman–Crippen LogP) is 4.86. The van der Waals surface area contributed by atoms with Crippen LogP contribution in [0.2, 0.25) is 0 Å². The molecule has 0 unspecified atom stereocenters. The molecule has 0 spiro atoms. The third-order valence-electron chi connectivity index (χ3n) is 5.56. The van der Waals surface area contributed by atoms with Gasteiger partial charge in [-0.25, -0.2) is 4.98 Å². The molecule has 28 heavy (non-hydrogen) atoms. The number of amides is 1. The molecule has 148 valence electrons. The lowest BCUT2D eigenvalue weighted by atomic mass is 9.92. The molecular formula is C23H29N3OS. The number of benzene rings is 1. The van der Waals surface area contributed by atoms with Gasteiger partial charge in [-0.1, -0.05) is 26.0 Å². The highest BCUT2D eigenvalue weighted by Gasteiger charge is 2.21. The number of hydrogen-bond acceptors (Lipinski definition) is 4. The van der Waals surface area contributed by atoms with Crippen molar-refractivity contribution in [2.24, 2.45) is 11.8 Å². The number of nitrogens with one attached hydrogen (secondary N) is 1. The lowest BCUT2D eigenvalue weighted by Crippen LogP contribution is -2.40. The van der Waals surface area contributed by atoms with Crippen molar-refractivity contribution in [2.75, 3.05) is 26.2 Å². The third kappa shape index (κ3) is 4.36. The number of likely N-dealkylation sites (tertiary alicyclic amines) is 1. The minimum absolute atomic E-state index is 0.0172. The molecule has 4 nitrogen and oxygen atoms in total. The lowest BCUT2D eigenvalue weighted by Gasteiger charge is -2.34. The first-order valence-corrected chi connectivity index (χ1v) is 11.1. The minimum Gasteiger partial charge on any atom is -0.351 e. The van der Waals surface area contributed by atoms with E-state index in [9.17, 15) is 4.79 Å². The van der Waals surface area contributed by atoms with Gasteiger partial charge in [0.1, 0.15) is 4.83 Å². The fourth-order valence-corrected chi connectivity index (χ4v) is 5.35. The summed E-state index contributed by atoms with van der Waals surface area (Å²) in [5, 5.41) is 5.25. The molecule has 5 heteroatoms. The molecule has 1 amide bonds. The predicted molar refractivity (Wildman–Crippen MR) is 118 cm³/mol. The third-order valence-corrected chi connectivity index (χ3v) is 6.61. The molecular weight excluding hydrogens is 366 g/mol. The number of carbonyl (C=O) groups is 1. The van der Waals surface area contributed by atoms with Crippen molar-refractivity contribution in [1.29, 1.82) is 0 Å². The van der Waals surface area contributed by atoms with Crippen LogP contribution < -0.4 is 5.32 Å². The zero-order valence-corrected chi connectivity index (χ0v) is 17.8. The molecule has 1 N–H and O–H groups in total. The Kier molecular flexibility index (Phi) is 5.65. The monoisotopic (exact) mass is 395 g/mol. The second kappa shape index (κ2) is 8.18. The van der Waals surface area contributed by atoms with Crippen LogP contribution >= 0.6 is 11.3 Å². The Morgan fingerprint density at radius 1 is 1.18 bits per heavy atom. The van der Waals surface area contributed by atoms with E-state index in [1.54, 1.807) is 0 Å². The molecule has 2 atom stereocenters. The fraction of sp³-hybridized carbons (Fsp3) is 0.478. The Hall–Kier alpha value is -1.98. The van der Waals surface area contributed by atoms with Crippen LogP contribution in [0.25, 0.3) is 21.1 Å². The molecule has 1 saturated heterocycles. The number of rotatable bonds is 5. The van der Waals surface area contributed by atoms with Crippen LogP contribution in [-0.4, -0.2) is 42.0 Å². The molecule has 2 aromatic heterocycles. The minimum atomic E-state index is 0.0172. The van der Waals surface area contributed by atoms with E-state index in [0.717, 1.165) is 57.3 Å². The number of aryl methyl sites for hydroxylation is 1. The summed E-state index contributed by atoms with van der Waals surface area (Å²) >= 11 is 1.48. The van der Waals surface area contributed by atoms with E-state index in [1.165, 1.54) is 36.4 Å². The zero-order chi connectivity index (χ0) is 19.7. The number of aromatic nitrogens is 1. The summed E-state index contributed by atoms with van der Waals surface area (Å²) in [5.41, 5.74) is 2.19.